The average Bonchev–Trinajstić information content (AvgIpc) is 2.69. The van der Waals surface area contributed by atoms with Crippen LogP contribution in [0.2, 0.25) is 0 Å². The van der Waals surface area contributed by atoms with Crippen molar-refractivity contribution in [2.24, 2.45) is 0 Å². The number of aryl methyl sites for hydroxylation is 1. The molecule has 0 heterocycles. The predicted molar refractivity (Wildman–Crippen MR) is 105 cm³/mol. The largest absolute Gasteiger partial charge is 0.496 e. The van der Waals surface area contributed by atoms with Crippen LogP contribution in [-0.2, 0) is 14.3 Å². The van der Waals surface area contributed by atoms with Gasteiger partial charge in [-0.3, -0.25) is 14.9 Å². The Morgan fingerprint density at radius 2 is 1.93 bits per heavy atom. The summed E-state index contributed by atoms with van der Waals surface area (Å²) in [7, 11) is 1.37. The number of nitrogens with one attached hydrogen (secondary N) is 1. The Balaban J connectivity index is 1.96. The number of nitrogens with zero attached hydrogens (tertiary/aromatic N) is 1. The predicted octanol–water partition coefficient (Wildman–Crippen LogP) is 3.17. The number of esters is 1. The first-order valence-electron chi connectivity index (χ1n) is 8.74. The van der Waals surface area contributed by atoms with Crippen LogP contribution in [-0.4, -0.2) is 36.6 Å². The topological polar surface area (TPSA) is 117 Å². The standard InChI is InChI=1S/C20H22N2O7/c1-12-6-5-7-18(13(12)2)28-11-19(23)29-14(3)20(24)21-16-9-8-15(27-4)10-17(16)22(25)26/h5-10,14H,11H2,1-4H3,(H,21,24)/t14-/m0/s1. The molecule has 0 aliphatic heterocycles. The molecule has 0 saturated heterocycles. The number of ether oxygens (including phenoxy) is 3. The summed E-state index contributed by atoms with van der Waals surface area (Å²) in [6, 6.07) is 9.45. The Hall–Kier alpha value is -3.62. The second-order valence-electron chi connectivity index (χ2n) is 6.25. The summed E-state index contributed by atoms with van der Waals surface area (Å²) < 4.78 is 15.4. The second kappa shape index (κ2) is 9.54. The van der Waals surface area contributed by atoms with Crippen LogP contribution in [0.15, 0.2) is 36.4 Å². The van der Waals surface area contributed by atoms with Crippen LogP contribution < -0.4 is 14.8 Å². The lowest BCUT2D eigenvalue weighted by Crippen LogP contribution is -2.31. The molecule has 29 heavy (non-hydrogen) atoms. The van der Waals surface area contributed by atoms with E-state index in [-0.39, 0.29) is 23.7 Å². The minimum Gasteiger partial charge on any atom is -0.496 e. The second-order valence-corrected chi connectivity index (χ2v) is 6.25. The lowest BCUT2D eigenvalue weighted by Gasteiger charge is -2.15. The van der Waals surface area contributed by atoms with E-state index in [1.54, 1.807) is 12.1 Å². The molecule has 1 atom stereocenters. The smallest absolute Gasteiger partial charge is 0.344 e. The van der Waals surface area contributed by atoms with Gasteiger partial charge in [-0.2, -0.15) is 0 Å². The SMILES string of the molecule is COc1ccc(NC(=O)[C@H](C)OC(=O)COc2cccc(C)c2C)c([N+](=O)[O-])c1. The van der Waals surface area contributed by atoms with Gasteiger partial charge < -0.3 is 19.5 Å². The number of nitro groups is 1. The van der Waals surface area contributed by atoms with Gasteiger partial charge in [0.25, 0.3) is 11.6 Å². The van der Waals surface area contributed by atoms with Gasteiger partial charge in [0.15, 0.2) is 12.7 Å². The highest BCUT2D eigenvalue weighted by molar-refractivity contribution is 5.97. The Labute approximate surface area is 167 Å². The van der Waals surface area contributed by atoms with E-state index < -0.39 is 22.9 Å². The maximum Gasteiger partial charge on any atom is 0.344 e. The van der Waals surface area contributed by atoms with Crippen LogP contribution in [0.1, 0.15) is 18.1 Å². The van der Waals surface area contributed by atoms with Gasteiger partial charge >= 0.3 is 5.97 Å². The molecular formula is C20H22N2O7. The van der Waals surface area contributed by atoms with Gasteiger partial charge in [-0.1, -0.05) is 12.1 Å². The van der Waals surface area contributed by atoms with Crippen molar-refractivity contribution < 1.29 is 28.7 Å². The Morgan fingerprint density at radius 1 is 1.21 bits per heavy atom. The minimum absolute atomic E-state index is 0.0321. The van der Waals surface area contributed by atoms with Crippen molar-refractivity contribution in [2.45, 2.75) is 26.9 Å². The maximum atomic E-state index is 12.3. The fourth-order valence-electron chi connectivity index (χ4n) is 2.43. The number of carbonyl (C=O) groups excluding carboxylic acids is 2. The van der Waals surface area contributed by atoms with Crippen LogP contribution >= 0.6 is 0 Å². The molecule has 2 aromatic carbocycles. The summed E-state index contributed by atoms with van der Waals surface area (Å²) in [5.74, 6) is -0.623. The molecule has 0 aliphatic rings. The molecule has 0 radical (unpaired) electrons. The van der Waals surface area contributed by atoms with Gasteiger partial charge in [0.2, 0.25) is 0 Å². The van der Waals surface area contributed by atoms with Gasteiger partial charge in [-0.15, -0.1) is 0 Å². The molecule has 0 unspecified atom stereocenters. The molecule has 0 spiro atoms. The summed E-state index contributed by atoms with van der Waals surface area (Å²) >= 11 is 0. The van der Waals surface area contributed by atoms with Crippen molar-refractivity contribution >= 4 is 23.3 Å². The van der Waals surface area contributed by atoms with Crippen LogP contribution in [0, 0.1) is 24.0 Å². The average molecular weight is 402 g/mol. The summed E-state index contributed by atoms with van der Waals surface area (Å²) in [5, 5.41) is 13.6. The van der Waals surface area contributed by atoms with Gasteiger partial charge in [-0.05, 0) is 50.1 Å². The van der Waals surface area contributed by atoms with Gasteiger partial charge in [0.05, 0.1) is 18.1 Å². The number of amides is 1. The molecule has 0 aromatic heterocycles. The molecule has 9 nitrogen and oxygen atoms in total. The van der Waals surface area contributed by atoms with E-state index in [2.05, 4.69) is 5.32 Å². The molecule has 0 aliphatic carbocycles. The minimum atomic E-state index is -1.17. The highest BCUT2D eigenvalue weighted by Crippen LogP contribution is 2.29. The highest BCUT2D eigenvalue weighted by Gasteiger charge is 2.23. The van der Waals surface area contributed by atoms with Crippen molar-refractivity contribution in [1.29, 1.82) is 0 Å². The molecule has 9 heteroatoms. The summed E-state index contributed by atoms with van der Waals surface area (Å²) in [5.41, 5.74) is 1.55. The third-order valence-electron chi connectivity index (χ3n) is 4.24. The molecule has 2 aromatic rings. The number of nitro benzene ring substituents is 1. The van der Waals surface area contributed by atoms with Crippen molar-refractivity contribution in [2.75, 3.05) is 19.0 Å². The fraction of sp³-hybridized carbons (Fsp3) is 0.300. The Bertz CT molecular complexity index is 927. The van der Waals surface area contributed by atoms with E-state index in [9.17, 15) is 19.7 Å². The zero-order valence-corrected chi connectivity index (χ0v) is 16.6. The summed E-state index contributed by atoms with van der Waals surface area (Å²) in [6.07, 6.45) is -1.17. The van der Waals surface area contributed by atoms with Crippen LogP contribution in [0.3, 0.4) is 0 Å². The van der Waals surface area contributed by atoms with E-state index in [1.807, 2.05) is 19.9 Å². The molecule has 154 valence electrons. The summed E-state index contributed by atoms with van der Waals surface area (Å²) in [6.45, 7) is 4.78. The zero-order valence-electron chi connectivity index (χ0n) is 16.6. The van der Waals surface area contributed by atoms with Crippen molar-refractivity contribution in [3.63, 3.8) is 0 Å². The normalized spacial score (nSPS) is 11.3. The van der Waals surface area contributed by atoms with Gasteiger partial charge in [-0.25, -0.2) is 4.79 Å². The van der Waals surface area contributed by atoms with Gasteiger partial charge in [0.1, 0.15) is 17.2 Å². The maximum absolute atomic E-state index is 12.3. The number of hydrogen-bond acceptors (Lipinski definition) is 7. The quantitative estimate of drug-likeness (QED) is 0.409. The van der Waals surface area contributed by atoms with Gasteiger partial charge in [0, 0.05) is 0 Å². The van der Waals surface area contributed by atoms with E-state index in [1.165, 1.54) is 32.2 Å². The number of carbonyl (C=O) groups is 2. The van der Waals surface area contributed by atoms with E-state index in [0.717, 1.165) is 11.1 Å². The van der Waals surface area contributed by atoms with Crippen molar-refractivity contribution in [1.82, 2.24) is 0 Å². The first-order valence-corrected chi connectivity index (χ1v) is 8.74. The van der Waals surface area contributed by atoms with E-state index in [0.29, 0.717) is 5.75 Å². The first kappa shape index (κ1) is 21.7. The van der Waals surface area contributed by atoms with E-state index >= 15 is 0 Å². The molecule has 0 fully saturated rings. The third kappa shape index (κ3) is 5.68. The van der Waals surface area contributed by atoms with Crippen LogP contribution in [0.25, 0.3) is 0 Å². The molecule has 0 bridgehead atoms. The lowest BCUT2D eigenvalue weighted by molar-refractivity contribution is -0.384. The number of anilines is 1. The monoisotopic (exact) mass is 402 g/mol. The Kier molecular flexibility index (Phi) is 7.13. The van der Waals surface area contributed by atoms with Crippen molar-refractivity contribution in [3.8, 4) is 11.5 Å². The van der Waals surface area contributed by atoms with Crippen molar-refractivity contribution in [3.05, 3.63) is 57.6 Å². The lowest BCUT2D eigenvalue weighted by atomic mass is 10.1. The number of rotatable bonds is 8. The summed E-state index contributed by atoms with van der Waals surface area (Å²) in [4.78, 5) is 34.8. The van der Waals surface area contributed by atoms with Crippen LogP contribution in [0.5, 0.6) is 11.5 Å². The van der Waals surface area contributed by atoms with E-state index in [4.69, 9.17) is 14.2 Å². The molecule has 1 N–H and O–H groups in total. The number of methoxy groups -OCH3 is 1. The molecule has 1 amide bonds. The first-order chi connectivity index (χ1) is 13.7. The molecular weight excluding hydrogens is 380 g/mol. The van der Waals surface area contributed by atoms with Crippen LogP contribution in [0.4, 0.5) is 11.4 Å². The molecule has 2 rings (SSSR count). The fourth-order valence-corrected chi connectivity index (χ4v) is 2.43. The number of benzene rings is 2. The third-order valence-corrected chi connectivity index (χ3v) is 4.24. The highest BCUT2D eigenvalue weighted by atomic mass is 16.6. The Morgan fingerprint density at radius 3 is 2.59 bits per heavy atom. The number of hydrogen-bond donors (Lipinski definition) is 1. The molecule has 0 saturated carbocycles. The zero-order chi connectivity index (χ0) is 21.6.